The molecule has 7 nitrogen and oxygen atoms in total. The standard InChI is InChI=1S/C20H23N7S/c28-20-26(15-24-10-12-25(13-11-24)18-5-1-2-9-22-18)23-19(27(20)17-6-7-17)16-4-3-8-21-14-16/h1-5,8-9,14,17H,6-7,10-13,15H2. The predicted octanol–water partition coefficient (Wildman–Crippen LogP) is 2.99. The molecule has 28 heavy (non-hydrogen) atoms. The van der Waals surface area contributed by atoms with Crippen LogP contribution < -0.4 is 4.90 Å². The second kappa shape index (κ2) is 7.44. The number of pyridine rings is 2. The van der Waals surface area contributed by atoms with E-state index in [4.69, 9.17) is 17.3 Å². The fraction of sp³-hybridized carbons (Fsp3) is 0.400. The molecule has 5 rings (SSSR count). The Labute approximate surface area is 169 Å². The summed E-state index contributed by atoms with van der Waals surface area (Å²) in [5.41, 5.74) is 1.03. The summed E-state index contributed by atoms with van der Waals surface area (Å²) in [5.74, 6) is 1.99. The predicted molar refractivity (Wildman–Crippen MR) is 111 cm³/mol. The number of aromatic nitrogens is 5. The highest BCUT2D eigenvalue weighted by Gasteiger charge is 2.29. The number of hydrogen-bond donors (Lipinski definition) is 0. The Balaban J connectivity index is 1.33. The minimum absolute atomic E-state index is 0.484. The van der Waals surface area contributed by atoms with E-state index >= 15 is 0 Å². The van der Waals surface area contributed by atoms with Crippen molar-refractivity contribution in [2.24, 2.45) is 0 Å². The van der Waals surface area contributed by atoms with Gasteiger partial charge in [-0.15, -0.1) is 0 Å². The molecule has 0 bridgehead atoms. The second-order valence-corrected chi connectivity index (χ2v) is 7.75. The van der Waals surface area contributed by atoms with Crippen LogP contribution in [0.3, 0.4) is 0 Å². The molecular weight excluding hydrogens is 370 g/mol. The van der Waals surface area contributed by atoms with Crippen LogP contribution in [-0.4, -0.2) is 55.4 Å². The topological polar surface area (TPSA) is 55.0 Å². The van der Waals surface area contributed by atoms with Gasteiger partial charge in [0.25, 0.3) is 0 Å². The maximum Gasteiger partial charge on any atom is 0.199 e. The zero-order valence-corrected chi connectivity index (χ0v) is 16.5. The maximum absolute atomic E-state index is 5.79. The molecule has 0 aromatic carbocycles. The van der Waals surface area contributed by atoms with Crippen molar-refractivity contribution in [3.05, 3.63) is 53.7 Å². The van der Waals surface area contributed by atoms with E-state index in [1.54, 1.807) is 6.20 Å². The first-order valence-corrected chi connectivity index (χ1v) is 10.2. The van der Waals surface area contributed by atoms with Crippen LogP contribution in [0.5, 0.6) is 0 Å². The van der Waals surface area contributed by atoms with Crippen molar-refractivity contribution in [2.75, 3.05) is 31.1 Å². The van der Waals surface area contributed by atoms with Crippen LogP contribution in [0, 0.1) is 4.77 Å². The molecule has 0 atom stereocenters. The summed E-state index contributed by atoms with van der Waals surface area (Å²) in [6.07, 6.45) is 7.86. The number of rotatable bonds is 5. The van der Waals surface area contributed by atoms with Gasteiger partial charge in [0, 0.05) is 56.4 Å². The summed E-state index contributed by atoms with van der Waals surface area (Å²) in [5, 5.41) is 4.88. The van der Waals surface area contributed by atoms with E-state index in [1.807, 2.05) is 35.3 Å². The molecule has 0 unspecified atom stereocenters. The molecule has 0 spiro atoms. The van der Waals surface area contributed by atoms with Gasteiger partial charge in [0.1, 0.15) is 5.82 Å². The molecule has 0 radical (unpaired) electrons. The van der Waals surface area contributed by atoms with Gasteiger partial charge in [0.15, 0.2) is 10.6 Å². The minimum atomic E-state index is 0.484. The van der Waals surface area contributed by atoms with Gasteiger partial charge in [0.2, 0.25) is 0 Å². The lowest BCUT2D eigenvalue weighted by Crippen LogP contribution is -2.47. The second-order valence-electron chi connectivity index (χ2n) is 7.38. The van der Waals surface area contributed by atoms with E-state index in [9.17, 15) is 0 Å². The lowest BCUT2D eigenvalue weighted by Gasteiger charge is -2.35. The number of piperazine rings is 1. The quantitative estimate of drug-likeness (QED) is 0.621. The molecule has 4 heterocycles. The van der Waals surface area contributed by atoms with Gasteiger partial charge in [-0.05, 0) is 49.3 Å². The first-order valence-electron chi connectivity index (χ1n) is 9.78. The molecule has 2 aliphatic rings. The summed E-state index contributed by atoms with van der Waals surface area (Å²) in [6, 6.07) is 10.6. The number of anilines is 1. The normalized spacial score (nSPS) is 17.8. The summed E-state index contributed by atoms with van der Waals surface area (Å²) >= 11 is 5.79. The van der Waals surface area contributed by atoms with Crippen molar-refractivity contribution >= 4 is 18.0 Å². The molecular formula is C20H23N7S. The van der Waals surface area contributed by atoms with Crippen LogP contribution >= 0.6 is 12.2 Å². The van der Waals surface area contributed by atoms with Crippen LogP contribution in [0.1, 0.15) is 18.9 Å². The highest BCUT2D eigenvalue weighted by molar-refractivity contribution is 7.71. The Morgan fingerprint density at radius 3 is 2.54 bits per heavy atom. The van der Waals surface area contributed by atoms with E-state index in [0.717, 1.165) is 54.8 Å². The van der Waals surface area contributed by atoms with E-state index in [2.05, 4.69) is 36.5 Å². The minimum Gasteiger partial charge on any atom is -0.354 e. The van der Waals surface area contributed by atoms with Gasteiger partial charge in [-0.1, -0.05) is 6.07 Å². The van der Waals surface area contributed by atoms with E-state index < -0.39 is 0 Å². The number of hydrogen-bond acceptors (Lipinski definition) is 6. The van der Waals surface area contributed by atoms with Crippen molar-refractivity contribution in [1.82, 2.24) is 29.2 Å². The molecule has 8 heteroatoms. The number of nitrogens with zero attached hydrogens (tertiary/aromatic N) is 7. The smallest absolute Gasteiger partial charge is 0.199 e. The third-order valence-corrected chi connectivity index (χ3v) is 5.79. The Morgan fingerprint density at radius 1 is 1.00 bits per heavy atom. The molecule has 1 aliphatic carbocycles. The van der Waals surface area contributed by atoms with Gasteiger partial charge in [-0.25, -0.2) is 9.67 Å². The lowest BCUT2D eigenvalue weighted by molar-refractivity contribution is 0.194. The Hall–Kier alpha value is -2.58. The fourth-order valence-electron chi connectivity index (χ4n) is 3.71. The third-order valence-electron chi connectivity index (χ3n) is 5.38. The molecule has 3 aromatic rings. The average Bonchev–Trinajstić information content (AvgIpc) is 3.54. The van der Waals surface area contributed by atoms with E-state index in [-0.39, 0.29) is 0 Å². The summed E-state index contributed by atoms with van der Waals surface area (Å²) in [6.45, 7) is 4.59. The summed E-state index contributed by atoms with van der Waals surface area (Å²) < 4.78 is 5.01. The third kappa shape index (κ3) is 3.45. The van der Waals surface area contributed by atoms with Crippen molar-refractivity contribution in [2.45, 2.75) is 25.6 Å². The van der Waals surface area contributed by atoms with Crippen molar-refractivity contribution < 1.29 is 0 Å². The highest BCUT2D eigenvalue weighted by atomic mass is 32.1. The molecule has 3 aromatic heterocycles. The molecule has 1 saturated heterocycles. The molecule has 0 amide bonds. The summed E-state index contributed by atoms with van der Waals surface area (Å²) in [7, 11) is 0. The van der Waals surface area contributed by atoms with Crippen LogP contribution in [-0.2, 0) is 6.67 Å². The fourth-order valence-corrected chi connectivity index (χ4v) is 4.05. The van der Waals surface area contributed by atoms with Gasteiger partial charge < -0.3 is 4.90 Å². The van der Waals surface area contributed by atoms with Crippen LogP contribution in [0.4, 0.5) is 5.82 Å². The lowest BCUT2D eigenvalue weighted by atomic mass is 10.3. The van der Waals surface area contributed by atoms with E-state index in [1.165, 1.54) is 12.8 Å². The monoisotopic (exact) mass is 393 g/mol. The Morgan fingerprint density at radius 2 is 1.86 bits per heavy atom. The van der Waals surface area contributed by atoms with Crippen molar-refractivity contribution in [1.29, 1.82) is 0 Å². The molecule has 1 aliphatic heterocycles. The van der Waals surface area contributed by atoms with Crippen LogP contribution in [0.25, 0.3) is 11.4 Å². The van der Waals surface area contributed by atoms with Crippen molar-refractivity contribution in [3.63, 3.8) is 0 Å². The first kappa shape index (κ1) is 17.5. The molecule has 2 fully saturated rings. The SMILES string of the molecule is S=c1n(CN2CCN(c3ccccn3)CC2)nc(-c2cccnc2)n1C1CC1. The highest BCUT2D eigenvalue weighted by Crippen LogP contribution is 2.38. The van der Waals surface area contributed by atoms with Gasteiger partial charge in [-0.2, -0.15) is 5.10 Å². The molecule has 144 valence electrons. The Bertz CT molecular complexity index is 986. The van der Waals surface area contributed by atoms with Gasteiger partial charge in [-0.3, -0.25) is 14.5 Å². The van der Waals surface area contributed by atoms with E-state index in [0.29, 0.717) is 6.04 Å². The van der Waals surface area contributed by atoms with Gasteiger partial charge >= 0.3 is 0 Å². The zero-order valence-electron chi connectivity index (χ0n) is 15.7. The first-order chi connectivity index (χ1) is 13.8. The van der Waals surface area contributed by atoms with Crippen LogP contribution in [0.2, 0.25) is 0 Å². The van der Waals surface area contributed by atoms with Crippen molar-refractivity contribution in [3.8, 4) is 11.4 Å². The Kier molecular flexibility index (Phi) is 4.66. The largest absolute Gasteiger partial charge is 0.354 e. The maximum atomic E-state index is 5.79. The average molecular weight is 394 g/mol. The molecule has 1 saturated carbocycles. The summed E-state index contributed by atoms with van der Waals surface area (Å²) in [4.78, 5) is 13.5. The van der Waals surface area contributed by atoms with Gasteiger partial charge in [0.05, 0.1) is 6.67 Å². The zero-order chi connectivity index (χ0) is 18.9. The molecule has 0 N–H and O–H groups in total. The van der Waals surface area contributed by atoms with Crippen LogP contribution in [0.15, 0.2) is 48.9 Å².